The summed E-state index contributed by atoms with van der Waals surface area (Å²) in [4.78, 5) is 11.6. The number of nitrogens with zero attached hydrogens (tertiary/aromatic N) is 1. The van der Waals surface area contributed by atoms with E-state index >= 15 is 0 Å². The molecule has 0 atom stereocenters. The van der Waals surface area contributed by atoms with E-state index in [1.54, 1.807) is 0 Å². The van der Waals surface area contributed by atoms with Gasteiger partial charge in [0.2, 0.25) is 0 Å². The van der Waals surface area contributed by atoms with E-state index in [0.29, 0.717) is 17.9 Å². The summed E-state index contributed by atoms with van der Waals surface area (Å²) in [5.74, 6) is -0.173. The number of unbranched alkanes of at least 4 members (excludes halogenated alkanes) is 5. The minimum Gasteiger partial charge on any atom is -0.396 e. The van der Waals surface area contributed by atoms with Gasteiger partial charge in [0.1, 0.15) is 5.69 Å². The molecule has 0 saturated heterocycles. The Kier molecular flexibility index (Phi) is 6.14. The SMILES string of the molecule is CCCCCCCCNC(=O)c1[nH]ncc1N. The molecule has 0 aliphatic rings. The number of carbonyl (C=O) groups is 1. The Morgan fingerprint density at radius 1 is 1.35 bits per heavy atom. The van der Waals surface area contributed by atoms with Gasteiger partial charge in [-0.3, -0.25) is 9.89 Å². The predicted octanol–water partition coefficient (Wildman–Crippen LogP) is 2.08. The average Bonchev–Trinajstić information content (AvgIpc) is 2.74. The van der Waals surface area contributed by atoms with Gasteiger partial charge >= 0.3 is 0 Å². The van der Waals surface area contributed by atoms with E-state index in [4.69, 9.17) is 5.73 Å². The molecule has 0 aliphatic carbocycles. The van der Waals surface area contributed by atoms with Crippen molar-refractivity contribution >= 4 is 11.6 Å². The highest BCUT2D eigenvalue weighted by atomic mass is 16.1. The Morgan fingerprint density at radius 2 is 2.06 bits per heavy atom. The summed E-state index contributed by atoms with van der Waals surface area (Å²) in [6.07, 6.45) is 8.72. The number of H-pyrrole nitrogens is 1. The highest BCUT2D eigenvalue weighted by Crippen LogP contribution is 2.06. The molecule has 1 heterocycles. The van der Waals surface area contributed by atoms with Crippen LogP contribution in [0, 0.1) is 0 Å². The lowest BCUT2D eigenvalue weighted by Gasteiger charge is -2.04. The minimum atomic E-state index is -0.173. The van der Waals surface area contributed by atoms with Crippen LogP contribution in [0.4, 0.5) is 5.69 Å². The third-order valence-corrected chi connectivity index (χ3v) is 2.71. The fourth-order valence-corrected chi connectivity index (χ4v) is 1.67. The van der Waals surface area contributed by atoms with Gasteiger partial charge in [-0.1, -0.05) is 39.0 Å². The van der Waals surface area contributed by atoms with Crippen molar-refractivity contribution in [3.63, 3.8) is 0 Å². The first kappa shape index (κ1) is 13.5. The van der Waals surface area contributed by atoms with Gasteiger partial charge in [-0.2, -0.15) is 5.10 Å². The van der Waals surface area contributed by atoms with E-state index in [2.05, 4.69) is 22.4 Å². The van der Waals surface area contributed by atoms with E-state index in [0.717, 1.165) is 6.42 Å². The van der Waals surface area contributed by atoms with Crippen LogP contribution in [0.3, 0.4) is 0 Å². The maximum absolute atomic E-state index is 11.6. The van der Waals surface area contributed by atoms with Crippen molar-refractivity contribution in [2.24, 2.45) is 0 Å². The van der Waals surface area contributed by atoms with Crippen molar-refractivity contribution in [1.29, 1.82) is 0 Å². The van der Waals surface area contributed by atoms with Gasteiger partial charge < -0.3 is 11.1 Å². The average molecular weight is 238 g/mol. The zero-order chi connectivity index (χ0) is 12.5. The molecule has 0 unspecified atom stereocenters. The Bertz CT molecular complexity index is 335. The van der Waals surface area contributed by atoms with Crippen LogP contribution in [-0.4, -0.2) is 22.6 Å². The van der Waals surface area contributed by atoms with Crippen molar-refractivity contribution < 1.29 is 4.79 Å². The first-order chi connectivity index (χ1) is 8.25. The number of aromatic amines is 1. The summed E-state index contributed by atoms with van der Waals surface area (Å²) in [7, 11) is 0. The fraction of sp³-hybridized carbons (Fsp3) is 0.667. The molecule has 1 amide bonds. The summed E-state index contributed by atoms with van der Waals surface area (Å²) < 4.78 is 0. The topological polar surface area (TPSA) is 83.8 Å². The second-order valence-corrected chi connectivity index (χ2v) is 4.22. The minimum absolute atomic E-state index is 0.173. The van der Waals surface area contributed by atoms with Crippen LogP contribution in [0.1, 0.15) is 55.9 Å². The standard InChI is InChI=1S/C12H22N4O/c1-2-3-4-5-6-7-8-14-12(17)11-10(13)9-15-16-11/h9H,2-8,13H2,1H3,(H,14,17)(H,15,16). The quantitative estimate of drug-likeness (QED) is 0.606. The van der Waals surface area contributed by atoms with Crippen molar-refractivity contribution in [2.75, 3.05) is 12.3 Å². The summed E-state index contributed by atoms with van der Waals surface area (Å²) in [6.45, 7) is 2.90. The maximum Gasteiger partial charge on any atom is 0.271 e. The molecule has 0 aliphatic heterocycles. The molecule has 0 radical (unpaired) electrons. The molecule has 1 aromatic heterocycles. The van der Waals surface area contributed by atoms with Gasteiger partial charge in [0.05, 0.1) is 11.9 Å². The maximum atomic E-state index is 11.6. The molecule has 4 N–H and O–H groups in total. The van der Waals surface area contributed by atoms with E-state index in [-0.39, 0.29) is 5.91 Å². The number of aromatic nitrogens is 2. The molecule has 5 nitrogen and oxygen atoms in total. The lowest BCUT2D eigenvalue weighted by atomic mass is 10.1. The van der Waals surface area contributed by atoms with Crippen LogP contribution in [0.5, 0.6) is 0 Å². The van der Waals surface area contributed by atoms with Crippen LogP contribution in [-0.2, 0) is 0 Å². The number of amides is 1. The molecule has 1 rings (SSSR count). The van der Waals surface area contributed by atoms with Crippen molar-refractivity contribution in [2.45, 2.75) is 45.4 Å². The van der Waals surface area contributed by atoms with Gasteiger partial charge in [0.15, 0.2) is 0 Å². The second-order valence-electron chi connectivity index (χ2n) is 4.22. The van der Waals surface area contributed by atoms with Crippen molar-refractivity contribution in [3.8, 4) is 0 Å². The van der Waals surface area contributed by atoms with Gasteiger partial charge in [0, 0.05) is 6.54 Å². The van der Waals surface area contributed by atoms with Crippen LogP contribution in [0.2, 0.25) is 0 Å². The Labute approximate surface area is 102 Å². The molecule has 0 bridgehead atoms. The summed E-state index contributed by atoms with van der Waals surface area (Å²) in [6, 6.07) is 0. The normalized spacial score (nSPS) is 10.4. The number of nitrogens with one attached hydrogen (secondary N) is 2. The third kappa shape index (κ3) is 4.89. The molecule has 0 aromatic carbocycles. The zero-order valence-electron chi connectivity index (χ0n) is 10.5. The van der Waals surface area contributed by atoms with E-state index in [1.165, 1.54) is 38.3 Å². The highest BCUT2D eigenvalue weighted by molar-refractivity contribution is 5.96. The molecule has 1 aromatic rings. The lowest BCUT2D eigenvalue weighted by molar-refractivity contribution is 0.0949. The number of nitrogens with two attached hydrogens (primary N) is 1. The number of carbonyl (C=O) groups excluding carboxylic acids is 1. The Morgan fingerprint density at radius 3 is 2.71 bits per heavy atom. The molecule has 0 saturated carbocycles. The predicted molar refractivity (Wildman–Crippen MR) is 68.7 cm³/mol. The van der Waals surface area contributed by atoms with Gasteiger partial charge in [-0.05, 0) is 6.42 Å². The number of anilines is 1. The number of nitrogen functional groups attached to an aromatic ring is 1. The smallest absolute Gasteiger partial charge is 0.271 e. The summed E-state index contributed by atoms with van der Waals surface area (Å²) in [5, 5.41) is 9.12. The first-order valence-corrected chi connectivity index (χ1v) is 6.32. The van der Waals surface area contributed by atoms with E-state index in [9.17, 15) is 4.79 Å². The van der Waals surface area contributed by atoms with E-state index < -0.39 is 0 Å². The van der Waals surface area contributed by atoms with Gasteiger partial charge in [-0.25, -0.2) is 0 Å². The molecule has 0 fully saturated rings. The molecule has 0 spiro atoms. The highest BCUT2D eigenvalue weighted by Gasteiger charge is 2.10. The molecule has 96 valence electrons. The van der Waals surface area contributed by atoms with E-state index in [1.807, 2.05) is 0 Å². The molecule has 5 heteroatoms. The van der Waals surface area contributed by atoms with Crippen LogP contribution in [0.15, 0.2) is 6.20 Å². The van der Waals surface area contributed by atoms with Gasteiger partial charge in [0.25, 0.3) is 5.91 Å². The largest absolute Gasteiger partial charge is 0.396 e. The van der Waals surface area contributed by atoms with Crippen LogP contribution >= 0.6 is 0 Å². The second kappa shape index (κ2) is 7.70. The fourth-order valence-electron chi connectivity index (χ4n) is 1.67. The van der Waals surface area contributed by atoms with Crippen molar-refractivity contribution in [3.05, 3.63) is 11.9 Å². The Hall–Kier alpha value is -1.52. The molecular formula is C12H22N4O. The van der Waals surface area contributed by atoms with Gasteiger partial charge in [-0.15, -0.1) is 0 Å². The molecular weight excluding hydrogens is 216 g/mol. The zero-order valence-corrected chi connectivity index (χ0v) is 10.5. The number of hydrogen-bond donors (Lipinski definition) is 3. The Balaban J connectivity index is 2.07. The van der Waals surface area contributed by atoms with Crippen LogP contribution < -0.4 is 11.1 Å². The van der Waals surface area contributed by atoms with Crippen molar-refractivity contribution in [1.82, 2.24) is 15.5 Å². The first-order valence-electron chi connectivity index (χ1n) is 6.32. The van der Waals surface area contributed by atoms with Crippen LogP contribution in [0.25, 0.3) is 0 Å². The molecule has 17 heavy (non-hydrogen) atoms. The number of hydrogen-bond acceptors (Lipinski definition) is 3. The third-order valence-electron chi connectivity index (χ3n) is 2.71. The lowest BCUT2D eigenvalue weighted by Crippen LogP contribution is -2.25. The number of rotatable bonds is 8. The summed E-state index contributed by atoms with van der Waals surface area (Å²) >= 11 is 0. The summed E-state index contributed by atoms with van der Waals surface area (Å²) in [5.41, 5.74) is 6.32. The monoisotopic (exact) mass is 238 g/mol.